The average Bonchev–Trinajstić information content (AvgIpc) is 2.98. The highest BCUT2D eigenvalue weighted by Crippen LogP contribution is 2.24. The van der Waals surface area contributed by atoms with Crippen molar-refractivity contribution in [1.82, 2.24) is 14.8 Å². The number of hydrogen-bond donors (Lipinski definition) is 1. The van der Waals surface area contributed by atoms with Crippen molar-refractivity contribution < 1.29 is 14.6 Å². The van der Waals surface area contributed by atoms with E-state index >= 15 is 0 Å². The molecule has 6 nitrogen and oxygen atoms in total. The van der Waals surface area contributed by atoms with E-state index in [0.717, 1.165) is 31.1 Å². The lowest BCUT2D eigenvalue weighted by molar-refractivity contribution is 0.0446. The predicted molar refractivity (Wildman–Crippen MR) is 90.8 cm³/mol. The van der Waals surface area contributed by atoms with Crippen LogP contribution in [0.4, 0.5) is 0 Å². The minimum Gasteiger partial charge on any atom is -0.396 e. The third-order valence-corrected chi connectivity index (χ3v) is 5.03. The lowest BCUT2D eigenvalue weighted by Gasteiger charge is -2.38. The van der Waals surface area contributed by atoms with Crippen molar-refractivity contribution in [3.05, 3.63) is 16.1 Å². The molecule has 0 radical (unpaired) electrons. The van der Waals surface area contributed by atoms with Crippen molar-refractivity contribution in [3.8, 4) is 0 Å². The first-order valence-electron chi connectivity index (χ1n) is 8.03. The standard InChI is InChI=1S/C16H27N3O3S/c1-12-17-15(11-23-12)16(21)19-8-13(6-14(9-19)10-20)7-18(2)4-5-22-3/h11,13-14,20H,4-10H2,1-3H3/t13-,14-/m0/s1. The first-order chi connectivity index (χ1) is 11.0. The maximum atomic E-state index is 12.6. The number of aliphatic hydroxyl groups is 1. The predicted octanol–water partition coefficient (Wildman–Crippen LogP) is 1.10. The third-order valence-electron chi connectivity index (χ3n) is 4.25. The summed E-state index contributed by atoms with van der Waals surface area (Å²) < 4.78 is 5.11. The van der Waals surface area contributed by atoms with Gasteiger partial charge in [-0.15, -0.1) is 11.3 Å². The van der Waals surface area contributed by atoms with Crippen molar-refractivity contribution in [2.75, 3.05) is 53.6 Å². The van der Waals surface area contributed by atoms with Gasteiger partial charge in [0.25, 0.3) is 5.91 Å². The van der Waals surface area contributed by atoms with Crippen molar-refractivity contribution >= 4 is 17.2 Å². The van der Waals surface area contributed by atoms with E-state index < -0.39 is 0 Å². The Morgan fingerprint density at radius 2 is 2.26 bits per heavy atom. The first-order valence-corrected chi connectivity index (χ1v) is 8.91. The molecular formula is C16H27N3O3S. The van der Waals surface area contributed by atoms with Gasteiger partial charge in [-0.2, -0.15) is 0 Å². The molecule has 7 heteroatoms. The zero-order valence-corrected chi connectivity index (χ0v) is 15.0. The summed E-state index contributed by atoms with van der Waals surface area (Å²) in [7, 11) is 3.77. The van der Waals surface area contributed by atoms with Gasteiger partial charge >= 0.3 is 0 Å². The average molecular weight is 341 g/mol. The maximum Gasteiger partial charge on any atom is 0.273 e. The summed E-state index contributed by atoms with van der Waals surface area (Å²) in [5.41, 5.74) is 0.526. The number of hydrogen-bond acceptors (Lipinski definition) is 6. The second-order valence-electron chi connectivity index (χ2n) is 6.37. The van der Waals surface area contributed by atoms with Crippen molar-refractivity contribution in [3.63, 3.8) is 0 Å². The lowest BCUT2D eigenvalue weighted by Crippen LogP contribution is -2.47. The van der Waals surface area contributed by atoms with Crippen molar-refractivity contribution in [1.29, 1.82) is 0 Å². The van der Waals surface area contributed by atoms with Crippen LogP contribution in [-0.2, 0) is 4.74 Å². The Kier molecular flexibility index (Phi) is 6.95. The number of nitrogens with zero attached hydrogens (tertiary/aromatic N) is 3. The Morgan fingerprint density at radius 3 is 2.87 bits per heavy atom. The van der Waals surface area contributed by atoms with E-state index in [-0.39, 0.29) is 18.4 Å². The van der Waals surface area contributed by atoms with Crippen LogP contribution in [0.2, 0.25) is 0 Å². The molecule has 1 amide bonds. The number of likely N-dealkylation sites (tertiary alicyclic amines) is 1. The Labute approximate surface area is 142 Å². The normalized spacial score (nSPS) is 21.9. The van der Waals surface area contributed by atoms with Crippen LogP contribution in [0.15, 0.2) is 5.38 Å². The number of rotatable bonds is 7. The van der Waals surface area contributed by atoms with Gasteiger partial charge in [0.05, 0.1) is 11.6 Å². The summed E-state index contributed by atoms with van der Waals surface area (Å²) in [4.78, 5) is 21.0. The summed E-state index contributed by atoms with van der Waals surface area (Å²) >= 11 is 1.49. The van der Waals surface area contributed by atoms with E-state index in [1.165, 1.54) is 11.3 Å². The highest BCUT2D eigenvalue weighted by atomic mass is 32.1. The van der Waals surface area contributed by atoms with E-state index in [1.807, 2.05) is 17.2 Å². The molecule has 0 bridgehead atoms. The SMILES string of the molecule is COCCN(C)C[C@@H]1C[C@H](CO)CN(C(=O)c2csc(C)n2)C1. The van der Waals surface area contributed by atoms with Gasteiger partial charge in [0.2, 0.25) is 0 Å². The number of likely N-dealkylation sites (N-methyl/N-ethyl adjacent to an activating group) is 1. The van der Waals surface area contributed by atoms with Crippen molar-refractivity contribution in [2.24, 2.45) is 11.8 Å². The Hall–Kier alpha value is -1.02. The van der Waals surface area contributed by atoms with E-state index in [0.29, 0.717) is 24.8 Å². The number of carbonyl (C=O) groups excluding carboxylic acids is 1. The number of piperidine rings is 1. The van der Waals surface area contributed by atoms with Crippen LogP contribution in [-0.4, -0.2) is 79.3 Å². The van der Waals surface area contributed by atoms with Crippen LogP contribution >= 0.6 is 11.3 Å². The molecule has 23 heavy (non-hydrogen) atoms. The zero-order chi connectivity index (χ0) is 16.8. The van der Waals surface area contributed by atoms with Gasteiger partial charge in [-0.3, -0.25) is 4.79 Å². The third kappa shape index (κ3) is 5.24. The summed E-state index contributed by atoms with van der Waals surface area (Å²) in [5.74, 6) is 0.497. The quantitative estimate of drug-likeness (QED) is 0.804. The molecule has 130 valence electrons. The molecule has 2 atom stereocenters. The van der Waals surface area contributed by atoms with Crippen molar-refractivity contribution in [2.45, 2.75) is 13.3 Å². The first kappa shape index (κ1) is 18.3. The molecular weight excluding hydrogens is 314 g/mol. The van der Waals surface area contributed by atoms with Crippen LogP contribution in [0.3, 0.4) is 0 Å². The molecule has 1 N–H and O–H groups in total. The number of amides is 1. The minimum atomic E-state index is -0.0166. The van der Waals surface area contributed by atoms with Crippen LogP contribution < -0.4 is 0 Å². The Bertz CT molecular complexity index is 509. The molecule has 0 aromatic carbocycles. The van der Waals surface area contributed by atoms with E-state index in [4.69, 9.17) is 4.74 Å². The number of aryl methyl sites for hydroxylation is 1. The van der Waals surface area contributed by atoms with Gasteiger partial charge in [-0.05, 0) is 32.2 Å². The highest BCUT2D eigenvalue weighted by molar-refractivity contribution is 7.09. The summed E-state index contributed by atoms with van der Waals surface area (Å²) in [5, 5.41) is 12.3. The topological polar surface area (TPSA) is 65.9 Å². The number of ether oxygens (including phenoxy) is 1. The molecule has 0 saturated carbocycles. The van der Waals surface area contributed by atoms with E-state index in [1.54, 1.807) is 7.11 Å². The smallest absolute Gasteiger partial charge is 0.273 e. The van der Waals surface area contributed by atoms with Crippen LogP contribution in [0.25, 0.3) is 0 Å². The molecule has 0 aliphatic carbocycles. The second-order valence-corrected chi connectivity index (χ2v) is 7.43. The largest absolute Gasteiger partial charge is 0.396 e. The van der Waals surface area contributed by atoms with Crippen LogP contribution in [0.1, 0.15) is 21.9 Å². The number of methoxy groups -OCH3 is 1. The summed E-state index contributed by atoms with van der Waals surface area (Å²) in [6.45, 7) is 5.84. The number of carbonyl (C=O) groups is 1. The van der Waals surface area contributed by atoms with Gasteiger partial charge in [-0.25, -0.2) is 4.98 Å². The summed E-state index contributed by atoms with van der Waals surface area (Å²) in [6.07, 6.45) is 0.952. The fourth-order valence-corrected chi connectivity index (χ4v) is 3.74. The van der Waals surface area contributed by atoms with Gasteiger partial charge < -0.3 is 19.6 Å². The number of thiazole rings is 1. The van der Waals surface area contributed by atoms with Gasteiger partial charge in [0.1, 0.15) is 5.69 Å². The molecule has 1 aromatic heterocycles. The Balaban J connectivity index is 1.98. The fraction of sp³-hybridized carbons (Fsp3) is 0.750. The minimum absolute atomic E-state index is 0.0166. The molecule has 0 spiro atoms. The molecule has 1 saturated heterocycles. The number of aromatic nitrogens is 1. The van der Waals surface area contributed by atoms with Gasteiger partial charge in [0, 0.05) is 45.3 Å². The molecule has 1 aliphatic rings. The monoisotopic (exact) mass is 341 g/mol. The van der Waals surface area contributed by atoms with Crippen LogP contribution in [0.5, 0.6) is 0 Å². The highest BCUT2D eigenvalue weighted by Gasteiger charge is 2.31. The fourth-order valence-electron chi connectivity index (χ4n) is 3.15. The van der Waals surface area contributed by atoms with Gasteiger partial charge in [0.15, 0.2) is 0 Å². The molecule has 0 unspecified atom stereocenters. The molecule has 1 fully saturated rings. The van der Waals surface area contributed by atoms with Gasteiger partial charge in [-0.1, -0.05) is 0 Å². The summed E-state index contributed by atoms with van der Waals surface area (Å²) in [6, 6.07) is 0. The molecule has 2 rings (SSSR count). The zero-order valence-electron chi connectivity index (χ0n) is 14.2. The second kappa shape index (κ2) is 8.73. The molecule has 2 heterocycles. The van der Waals surface area contributed by atoms with E-state index in [2.05, 4.69) is 16.9 Å². The Morgan fingerprint density at radius 1 is 1.52 bits per heavy atom. The maximum absolute atomic E-state index is 12.6. The number of aliphatic hydroxyl groups excluding tert-OH is 1. The molecule has 1 aromatic rings. The van der Waals surface area contributed by atoms with Crippen LogP contribution in [0, 0.1) is 18.8 Å². The lowest BCUT2D eigenvalue weighted by atomic mass is 9.89. The molecule has 1 aliphatic heterocycles. The van der Waals surface area contributed by atoms with E-state index in [9.17, 15) is 9.90 Å².